The van der Waals surface area contributed by atoms with Crippen molar-refractivity contribution >= 4 is 17.3 Å². The lowest BCUT2D eigenvalue weighted by Crippen LogP contribution is -2.48. The molecule has 0 spiro atoms. The lowest BCUT2D eigenvalue weighted by molar-refractivity contribution is -0.131. The number of rotatable bonds is 7. The van der Waals surface area contributed by atoms with Crippen molar-refractivity contribution in [1.29, 1.82) is 0 Å². The minimum Gasteiger partial charge on any atom is -0.495 e. The van der Waals surface area contributed by atoms with Crippen molar-refractivity contribution < 1.29 is 14.1 Å². The van der Waals surface area contributed by atoms with E-state index < -0.39 is 0 Å². The fourth-order valence-corrected chi connectivity index (χ4v) is 4.73. The van der Waals surface area contributed by atoms with Gasteiger partial charge < -0.3 is 24.0 Å². The van der Waals surface area contributed by atoms with Crippen molar-refractivity contribution in [3.63, 3.8) is 0 Å². The Morgan fingerprint density at radius 2 is 1.68 bits per heavy atom. The second-order valence-electron chi connectivity index (χ2n) is 8.79. The van der Waals surface area contributed by atoms with Gasteiger partial charge in [-0.1, -0.05) is 17.3 Å². The smallest absolute Gasteiger partial charge is 0.227 e. The molecule has 3 aromatic rings. The fraction of sp³-hybridized carbons (Fsp3) is 0.423. The molecule has 5 rings (SSSR count). The van der Waals surface area contributed by atoms with Crippen LogP contribution in [0.3, 0.4) is 0 Å². The van der Waals surface area contributed by atoms with Gasteiger partial charge in [0.25, 0.3) is 0 Å². The number of carbonyl (C=O) groups is 1. The van der Waals surface area contributed by atoms with Gasteiger partial charge in [0.2, 0.25) is 17.6 Å². The van der Waals surface area contributed by atoms with E-state index in [0.717, 1.165) is 43.2 Å². The number of nitrogens with zero attached hydrogens (tertiary/aromatic N) is 5. The summed E-state index contributed by atoms with van der Waals surface area (Å²) in [4.78, 5) is 23.9. The highest BCUT2D eigenvalue weighted by Gasteiger charge is 2.23. The van der Waals surface area contributed by atoms with Gasteiger partial charge in [-0.2, -0.15) is 4.98 Å². The zero-order valence-electron chi connectivity index (χ0n) is 19.7. The number of aromatic nitrogens is 2. The molecule has 2 saturated heterocycles. The first-order valence-electron chi connectivity index (χ1n) is 12.0. The van der Waals surface area contributed by atoms with Gasteiger partial charge >= 0.3 is 0 Å². The van der Waals surface area contributed by atoms with E-state index in [0.29, 0.717) is 37.6 Å². The zero-order valence-corrected chi connectivity index (χ0v) is 19.7. The number of hydrogen-bond donors (Lipinski definition) is 0. The Kier molecular flexibility index (Phi) is 6.65. The van der Waals surface area contributed by atoms with Gasteiger partial charge in [-0.05, 0) is 49.2 Å². The second kappa shape index (κ2) is 10.2. The van der Waals surface area contributed by atoms with Crippen LogP contribution in [-0.2, 0) is 11.2 Å². The van der Waals surface area contributed by atoms with E-state index in [2.05, 4.69) is 38.1 Å². The maximum absolute atomic E-state index is 12.8. The predicted molar refractivity (Wildman–Crippen MR) is 131 cm³/mol. The van der Waals surface area contributed by atoms with Crippen molar-refractivity contribution in [2.75, 3.05) is 56.2 Å². The molecule has 0 bridgehead atoms. The van der Waals surface area contributed by atoms with Gasteiger partial charge in [0.1, 0.15) is 5.75 Å². The Morgan fingerprint density at radius 3 is 2.41 bits per heavy atom. The summed E-state index contributed by atoms with van der Waals surface area (Å²) >= 11 is 0. The summed E-state index contributed by atoms with van der Waals surface area (Å²) in [5, 5.41) is 4.12. The molecule has 0 saturated carbocycles. The topological polar surface area (TPSA) is 74.9 Å². The molecule has 0 aliphatic carbocycles. The van der Waals surface area contributed by atoms with E-state index >= 15 is 0 Å². The minimum atomic E-state index is 0.120. The van der Waals surface area contributed by atoms with E-state index in [1.165, 1.54) is 18.5 Å². The van der Waals surface area contributed by atoms with Crippen molar-refractivity contribution in [2.24, 2.45) is 0 Å². The second-order valence-corrected chi connectivity index (χ2v) is 8.79. The molecule has 0 atom stereocenters. The van der Waals surface area contributed by atoms with Crippen molar-refractivity contribution in [3.8, 4) is 17.1 Å². The van der Waals surface area contributed by atoms with Crippen molar-refractivity contribution in [1.82, 2.24) is 15.0 Å². The number of piperazine rings is 1. The average molecular weight is 462 g/mol. The van der Waals surface area contributed by atoms with E-state index in [1.807, 2.05) is 35.2 Å². The molecule has 3 heterocycles. The number of anilines is 2. The Morgan fingerprint density at radius 1 is 0.941 bits per heavy atom. The van der Waals surface area contributed by atoms with Crippen LogP contribution in [-0.4, -0.2) is 67.3 Å². The molecule has 8 heteroatoms. The molecule has 2 fully saturated rings. The Hall–Kier alpha value is -3.55. The minimum absolute atomic E-state index is 0.120. The predicted octanol–water partition coefficient (Wildman–Crippen LogP) is 3.63. The zero-order chi connectivity index (χ0) is 23.3. The molecular weight excluding hydrogens is 430 g/mol. The summed E-state index contributed by atoms with van der Waals surface area (Å²) in [7, 11) is 1.69. The molecule has 2 aromatic carbocycles. The first-order valence-corrected chi connectivity index (χ1v) is 12.0. The molecule has 1 aromatic heterocycles. The summed E-state index contributed by atoms with van der Waals surface area (Å²) in [6.07, 6.45) is 3.33. The van der Waals surface area contributed by atoms with E-state index in [-0.39, 0.29) is 5.91 Å². The number of amides is 1. The summed E-state index contributed by atoms with van der Waals surface area (Å²) in [5.41, 5.74) is 3.24. The summed E-state index contributed by atoms with van der Waals surface area (Å²) in [5.74, 6) is 2.05. The van der Waals surface area contributed by atoms with Crippen molar-refractivity contribution in [3.05, 3.63) is 54.4 Å². The highest BCUT2D eigenvalue weighted by Crippen LogP contribution is 2.28. The van der Waals surface area contributed by atoms with Crippen LogP contribution in [0, 0.1) is 0 Å². The third-order valence-electron chi connectivity index (χ3n) is 6.68. The SMILES string of the molecule is COc1ccccc1N1CCN(C(=O)CCc2nc(-c3ccc(N4CCCC4)cc3)no2)CC1. The molecule has 0 N–H and O–H groups in total. The quantitative estimate of drug-likeness (QED) is 0.532. The van der Waals surface area contributed by atoms with E-state index in [1.54, 1.807) is 7.11 Å². The van der Waals surface area contributed by atoms with Gasteiger partial charge in [0.05, 0.1) is 12.8 Å². The molecule has 34 heavy (non-hydrogen) atoms. The maximum Gasteiger partial charge on any atom is 0.227 e. The average Bonchev–Trinajstić information content (AvgIpc) is 3.60. The Bertz CT molecular complexity index is 1100. The standard InChI is InChI=1S/C26H31N5O3/c1-33-23-7-3-2-6-22(23)30-16-18-31(19-17-30)25(32)13-12-24-27-26(28-34-24)20-8-10-21(11-9-20)29-14-4-5-15-29/h2-3,6-11H,4-5,12-19H2,1H3. The van der Waals surface area contributed by atoms with Crippen molar-refractivity contribution in [2.45, 2.75) is 25.7 Å². The van der Waals surface area contributed by atoms with Crippen LogP contribution in [0.4, 0.5) is 11.4 Å². The van der Waals surface area contributed by atoms with Crippen LogP contribution < -0.4 is 14.5 Å². The van der Waals surface area contributed by atoms with Gasteiger partial charge in [-0.15, -0.1) is 0 Å². The van der Waals surface area contributed by atoms with E-state index in [9.17, 15) is 4.79 Å². The van der Waals surface area contributed by atoms with Gasteiger partial charge in [0, 0.05) is 63.4 Å². The van der Waals surface area contributed by atoms with Gasteiger partial charge in [-0.3, -0.25) is 4.79 Å². The van der Waals surface area contributed by atoms with Crippen LogP contribution >= 0.6 is 0 Å². The summed E-state index contributed by atoms with van der Waals surface area (Å²) < 4.78 is 10.9. The largest absolute Gasteiger partial charge is 0.495 e. The van der Waals surface area contributed by atoms with Crippen LogP contribution in [0.1, 0.15) is 25.2 Å². The third-order valence-corrected chi connectivity index (χ3v) is 6.68. The summed E-state index contributed by atoms with van der Waals surface area (Å²) in [6, 6.07) is 16.3. The van der Waals surface area contributed by atoms with Crippen LogP contribution in [0.15, 0.2) is 53.1 Å². The Labute approximate surface area is 200 Å². The molecule has 2 aliphatic heterocycles. The molecule has 0 unspecified atom stereocenters. The number of aryl methyl sites for hydroxylation is 1. The molecule has 1 amide bonds. The first-order chi connectivity index (χ1) is 16.7. The van der Waals surface area contributed by atoms with Gasteiger partial charge in [-0.25, -0.2) is 0 Å². The fourth-order valence-electron chi connectivity index (χ4n) is 4.73. The number of hydrogen-bond acceptors (Lipinski definition) is 7. The number of ether oxygens (including phenoxy) is 1. The monoisotopic (exact) mass is 461 g/mol. The number of para-hydroxylation sites is 2. The molecule has 2 aliphatic rings. The summed E-state index contributed by atoms with van der Waals surface area (Å²) in [6.45, 7) is 5.18. The third kappa shape index (κ3) is 4.85. The number of benzene rings is 2. The number of carbonyl (C=O) groups excluding carboxylic acids is 1. The van der Waals surface area contributed by atoms with Crippen LogP contribution in [0.5, 0.6) is 5.75 Å². The van der Waals surface area contributed by atoms with Crippen LogP contribution in [0.2, 0.25) is 0 Å². The Balaban J connectivity index is 1.12. The molecule has 0 radical (unpaired) electrons. The van der Waals surface area contributed by atoms with Gasteiger partial charge in [0.15, 0.2) is 0 Å². The normalized spacial score (nSPS) is 16.2. The lowest BCUT2D eigenvalue weighted by atomic mass is 10.2. The lowest BCUT2D eigenvalue weighted by Gasteiger charge is -2.36. The first kappa shape index (κ1) is 22.3. The molecular formula is C26H31N5O3. The molecule has 178 valence electrons. The highest BCUT2D eigenvalue weighted by atomic mass is 16.5. The number of methoxy groups -OCH3 is 1. The van der Waals surface area contributed by atoms with Crippen LogP contribution in [0.25, 0.3) is 11.4 Å². The van der Waals surface area contributed by atoms with E-state index in [4.69, 9.17) is 9.26 Å². The maximum atomic E-state index is 12.8. The molecule has 8 nitrogen and oxygen atoms in total. The highest BCUT2D eigenvalue weighted by molar-refractivity contribution is 5.77.